The topological polar surface area (TPSA) is 51.2 Å². The Kier molecular flexibility index (Phi) is 5.17. The van der Waals surface area contributed by atoms with Crippen molar-refractivity contribution < 1.29 is 13.2 Å². The molecular weight excluding hydrogens is 236 g/mol. The third kappa shape index (κ3) is 4.09. The lowest BCUT2D eigenvalue weighted by atomic mass is 9.81. The second-order valence-electron chi connectivity index (χ2n) is 5.41. The Hall–Kier alpha value is -0.380. The molecule has 0 aromatic rings. The van der Waals surface area contributed by atoms with Crippen molar-refractivity contribution in [1.29, 1.82) is 0 Å². The van der Waals surface area contributed by atoms with Crippen molar-refractivity contribution in [3.63, 3.8) is 0 Å². The third-order valence-electron chi connectivity index (χ3n) is 3.84. The summed E-state index contributed by atoms with van der Waals surface area (Å²) in [5, 5.41) is -0.293. The Labute approximate surface area is 105 Å². The van der Waals surface area contributed by atoms with Crippen molar-refractivity contribution in [3.05, 3.63) is 0 Å². The maximum atomic E-state index is 12.2. The molecule has 17 heavy (non-hydrogen) atoms. The molecule has 0 spiro atoms. The summed E-state index contributed by atoms with van der Waals surface area (Å²) in [4.78, 5) is 12.2. The minimum Gasteiger partial charge on any atom is -0.299 e. The van der Waals surface area contributed by atoms with Gasteiger partial charge in [0, 0.05) is 18.1 Å². The average Bonchev–Trinajstić information content (AvgIpc) is 2.27. The minimum atomic E-state index is -2.98. The molecule has 0 N–H and O–H groups in total. The first-order valence-corrected chi connectivity index (χ1v) is 8.54. The van der Waals surface area contributed by atoms with E-state index in [0.717, 1.165) is 32.1 Å². The van der Waals surface area contributed by atoms with Gasteiger partial charge in [-0.25, -0.2) is 8.42 Å². The fraction of sp³-hybridized carbons (Fsp3) is 0.923. The Balaban J connectivity index is 2.64. The van der Waals surface area contributed by atoms with Gasteiger partial charge in [0.2, 0.25) is 0 Å². The predicted molar refractivity (Wildman–Crippen MR) is 69.7 cm³/mol. The van der Waals surface area contributed by atoms with Gasteiger partial charge in [-0.3, -0.25) is 4.79 Å². The van der Waals surface area contributed by atoms with Crippen LogP contribution in [0.5, 0.6) is 0 Å². The molecule has 0 aliphatic heterocycles. The van der Waals surface area contributed by atoms with E-state index in [-0.39, 0.29) is 22.9 Å². The molecule has 1 aliphatic rings. The molecule has 0 aromatic carbocycles. The average molecular weight is 260 g/mol. The monoisotopic (exact) mass is 260 g/mol. The van der Waals surface area contributed by atoms with Crippen LogP contribution in [-0.4, -0.2) is 25.7 Å². The van der Waals surface area contributed by atoms with Crippen LogP contribution in [-0.2, 0) is 14.6 Å². The molecule has 3 unspecified atom stereocenters. The van der Waals surface area contributed by atoms with Crippen LogP contribution >= 0.6 is 0 Å². The lowest BCUT2D eigenvalue weighted by molar-refractivity contribution is -0.127. The van der Waals surface area contributed by atoms with Gasteiger partial charge in [0.05, 0.1) is 5.25 Å². The maximum absolute atomic E-state index is 12.2. The lowest BCUT2D eigenvalue weighted by Gasteiger charge is -2.28. The Bertz CT molecular complexity index is 359. The molecule has 1 saturated carbocycles. The zero-order valence-electron chi connectivity index (χ0n) is 11.1. The van der Waals surface area contributed by atoms with Crippen molar-refractivity contribution >= 4 is 15.6 Å². The van der Waals surface area contributed by atoms with E-state index < -0.39 is 9.84 Å². The standard InChI is InChI=1S/C13H24O3S/c1-4-6-10(2)13(14)11-7-5-8-12(9-11)17(3,15)16/h10-12H,4-9H2,1-3H3. The van der Waals surface area contributed by atoms with Crippen LogP contribution in [0, 0.1) is 11.8 Å². The smallest absolute Gasteiger partial charge is 0.150 e. The molecule has 0 saturated heterocycles. The molecule has 1 rings (SSSR count). The maximum Gasteiger partial charge on any atom is 0.150 e. The predicted octanol–water partition coefficient (Wildman–Crippen LogP) is 2.60. The van der Waals surface area contributed by atoms with Gasteiger partial charge in [0.15, 0.2) is 0 Å². The van der Waals surface area contributed by atoms with E-state index in [0.29, 0.717) is 6.42 Å². The number of Topliss-reactive ketones (excluding diaryl/α,β-unsaturated/α-hetero) is 1. The SMILES string of the molecule is CCCC(C)C(=O)C1CCCC(S(C)(=O)=O)C1. The molecule has 100 valence electrons. The largest absolute Gasteiger partial charge is 0.299 e. The van der Waals surface area contributed by atoms with E-state index in [2.05, 4.69) is 6.92 Å². The highest BCUT2D eigenvalue weighted by Gasteiger charge is 2.33. The quantitative estimate of drug-likeness (QED) is 0.763. The summed E-state index contributed by atoms with van der Waals surface area (Å²) >= 11 is 0. The van der Waals surface area contributed by atoms with Crippen LogP contribution in [0.3, 0.4) is 0 Å². The number of carbonyl (C=O) groups is 1. The van der Waals surface area contributed by atoms with Crippen LogP contribution in [0.4, 0.5) is 0 Å². The van der Waals surface area contributed by atoms with Crippen molar-refractivity contribution in [2.45, 2.75) is 57.6 Å². The van der Waals surface area contributed by atoms with Crippen molar-refractivity contribution in [3.8, 4) is 0 Å². The van der Waals surface area contributed by atoms with Gasteiger partial charge in [-0.1, -0.05) is 26.7 Å². The Morgan fingerprint density at radius 3 is 2.53 bits per heavy atom. The zero-order chi connectivity index (χ0) is 13.1. The number of sulfone groups is 1. The highest BCUT2D eigenvalue weighted by Crippen LogP contribution is 2.31. The van der Waals surface area contributed by atoms with Gasteiger partial charge in [0.1, 0.15) is 15.6 Å². The van der Waals surface area contributed by atoms with Crippen LogP contribution in [0.15, 0.2) is 0 Å². The molecule has 4 heteroatoms. The molecule has 1 aliphatic carbocycles. The first kappa shape index (κ1) is 14.7. The van der Waals surface area contributed by atoms with Crippen molar-refractivity contribution in [2.24, 2.45) is 11.8 Å². The fourth-order valence-electron chi connectivity index (χ4n) is 2.77. The molecular formula is C13H24O3S. The Morgan fingerprint density at radius 1 is 1.35 bits per heavy atom. The van der Waals surface area contributed by atoms with E-state index >= 15 is 0 Å². The van der Waals surface area contributed by atoms with Crippen LogP contribution < -0.4 is 0 Å². The molecule has 1 fully saturated rings. The van der Waals surface area contributed by atoms with E-state index in [1.807, 2.05) is 6.92 Å². The van der Waals surface area contributed by atoms with Crippen LogP contribution in [0.25, 0.3) is 0 Å². The summed E-state index contributed by atoms with van der Waals surface area (Å²) in [6.07, 6.45) is 6.23. The molecule has 3 atom stereocenters. The molecule has 0 radical (unpaired) electrons. The Morgan fingerprint density at radius 2 is 2.00 bits per heavy atom. The van der Waals surface area contributed by atoms with Gasteiger partial charge < -0.3 is 0 Å². The summed E-state index contributed by atoms with van der Waals surface area (Å²) in [5.41, 5.74) is 0. The number of rotatable bonds is 5. The van der Waals surface area contributed by atoms with Crippen LogP contribution in [0.1, 0.15) is 52.4 Å². The molecule has 0 aromatic heterocycles. The highest BCUT2D eigenvalue weighted by molar-refractivity contribution is 7.91. The zero-order valence-corrected chi connectivity index (χ0v) is 11.9. The normalized spacial score (nSPS) is 27.7. The summed E-state index contributed by atoms with van der Waals surface area (Å²) in [7, 11) is -2.98. The van der Waals surface area contributed by atoms with E-state index in [9.17, 15) is 13.2 Å². The number of ketones is 1. The van der Waals surface area contributed by atoms with E-state index in [1.54, 1.807) is 0 Å². The van der Waals surface area contributed by atoms with Gasteiger partial charge >= 0.3 is 0 Å². The van der Waals surface area contributed by atoms with Gasteiger partial charge in [-0.2, -0.15) is 0 Å². The van der Waals surface area contributed by atoms with E-state index in [1.165, 1.54) is 6.26 Å². The highest BCUT2D eigenvalue weighted by atomic mass is 32.2. The molecule has 0 heterocycles. The fourth-order valence-corrected chi connectivity index (χ4v) is 3.95. The summed E-state index contributed by atoms with van der Waals surface area (Å²) in [6.45, 7) is 4.04. The second-order valence-corrected chi connectivity index (χ2v) is 7.73. The molecule has 0 bridgehead atoms. The van der Waals surface area contributed by atoms with Gasteiger partial charge in [-0.15, -0.1) is 0 Å². The first-order chi connectivity index (χ1) is 7.86. The number of hydrogen-bond donors (Lipinski definition) is 0. The first-order valence-electron chi connectivity index (χ1n) is 6.58. The summed E-state index contributed by atoms with van der Waals surface area (Å²) < 4.78 is 23.1. The second kappa shape index (κ2) is 5.98. The number of carbonyl (C=O) groups excluding carboxylic acids is 1. The minimum absolute atomic E-state index is 0.0231. The molecule has 0 amide bonds. The lowest BCUT2D eigenvalue weighted by Crippen LogP contribution is -2.33. The van der Waals surface area contributed by atoms with Crippen molar-refractivity contribution in [1.82, 2.24) is 0 Å². The summed E-state index contributed by atoms with van der Waals surface area (Å²) in [6, 6.07) is 0. The molecule has 3 nitrogen and oxygen atoms in total. The number of hydrogen-bond acceptors (Lipinski definition) is 3. The van der Waals surface area contributed by atoms with Gasteiger partial charge in [-0.05, 0) is 25.7 Å². The third-order valence-corrected chi connectivity index (χ3v) is 5.48. The van der Waals surface area contributed by atoms with Gasteiger partial charge in [0.25, 0.3) is 0 Å². The van der Waals surface area contributed by atoms with E-state index in [4.69, 9.17) is 0 Å². The van der Waals surface area contributed by atoms with Crippen LogP contribution in [0.2, 0.25) is 0 Å². The summed E-state index contributed by atoms with van der Waals surface area (Å²) in [5.74, 6) is 0.341. The van der Waals surface area contributed by atoms with Crippen molar-refractivity contribution in [2.75, 3.05) is 6.26 Å².